The number of ketones is 1. The SMILES string of the molecule is Cc1ccc(/C(O)=C2\C(=O)C(=O)N(CCCC(=O)O)C2c2ccccc2[N+](=O)[O-])cc1. The van der Waals surface area contributed by atoms with Crippen LogP contribution in [-0.4, -0.2) is 44.2 Å². The Kier molecular flexibility index (Phi) is 6.15. The lowest BCUT2D eigenvalue weighted by molar-refractivity contribution is -0.385. The molecule has 0 saturated carbocycles. The molecule has 1 fully saturated rings. The molecule has 2 aromatic carbocycles. The molecular formula is C22H20N2O7. The minimum Gasteiger partial charge on any atom is -0.507 e. The second kappa shape index (κ2) is 8.78. The summed E-state index contributed by atoms with van der Waals surface area (Å²) in [4.78, 5) is 48.6. The summed E-state index contributed by atoms with van der Waals surface area (Å²) in [6, 6.07) is 11.1. The number of aryl methyl sites for hydroxylation is 1. The Hall–Kier alpha value is -4.01. The van der Waals surface area contributed by atoms with Gasteiger partial charge in [0.25, 0.3) is 17.4 Å². The number of nitrogens with zero attached hydrogens (tertiary/aromatic N) is 2. The zero-order valence-electron chi connectivity index (χ0n) is 16.6. The monoisotopic (exact) mass is 424 g/mol. The molecule has 0 spiro atoms. The number of benzene rings is 2. The molecule has 9 heteroatoms. The Morgan fingerprint density at radius 2 is 1.74 bits per heavy atom. The third-order valence-electron chi connectivity index (χ3n) is 5.08. The lowest BCUT2D eigenvalue weighted by Gasteiger charge is -2.25. The van der Waals surface area contributed by atoms with Gasteiger partial charge in [-0.3, -0.25) is 24.5 Å². The highest BCUT2D eigenvalue weighted by atomic mass is 16.6. The van der Waals surface area contributed by atoms with Crippen molar-refractivity contribution in [1.29, 1.82) is 0 Å². The van der Waals surface area contributed by atoms with Crippen molar-refractivity contribution in [3.05, 3.63) is 80.9 Å². The predicted octanol–water partition coefficient (Wildman–Crippen LogP) is 3.19. The number of Topliss-reactive ketones (excluding diaryl/α,β-unsaturated/α-hetero) is 1. The molecule has 1 aliphatic rings. The van der Waals surface area contributed by atoms with E-state index in [0.717, 1.165) is 10.5 Å². The smallest absolute Gasteiger partial charge is 0.303 e. The van der Waals surface area contributed by atoms with Crippen LogP contribution in [0.4, 0.5) is 5.69 Å². The number of amides is 1. The van der Waals surface area contributed by atoms with Crippen molar-refractivity contribution >= 4 is 29.1 Å². The molecule has 1 aliphatic heterocycles. The van der Waals surface area contributed by atoms with E-state index in [4.69, 9.17) is 5.11 Å². The van der Waals surface area contributed by atoms with Gasteiger partial charge in [0, 0.05) is 24.6 Å². The predicted molar refractivity (Wildman–Crippen MR) is 110 cm³/mol. The number of nitro benzene ring substituents is 1. The van der Waals surface area contributed by atoms with E-state index in [1.54, 1.807) is 24.3 Å². The molecule has 0 aliphatic carbocycles. The van der Waals surface area contributed by atoms with Crippen LogP contribution in [0.3, 0.4) is 0 Å². The molecule has 1 amide bonds. The van der Waals surface area contributed by atoms with Gasteiger partial charge in [0.1, 0.15) is 5.76 Å². The van der Waals surface area contributed by atoms with Gasteiger partial charge in [0.05, 0.1) is 22.1 Å². The lowest BCUT2D eigenvalue weighted by Crippen LogP contribution is -2.31. The van der Waals surface area contributed by atoms with Gasteiger partial charge in [-0.05, 0) is 19.4 Å². The van der Waals surface area contributed by atoms with Gasteiger partial charge >= 0.3 is 5.97 Å². The van der Waals surface area contributed by atoms with Crippen molar-refractivity contribution in [2.24, 2.45) is 0 Å². The lowest BCUT2D eigenvalue weighted by atomic mass is 9.94. The maximum absolute atomic E-state index is 12.9. The minimum absolute atomic E-state index is 0.0457. The number of carboxylic acid groups (broad SMARTS) is 1. The van der Waals surface area contributed by atoms with Crippen LogP contribution in [0.25, 0.3) is 5.76 Å². The normalized spacial score (nSPS) is 17.7. The fraction of sp³-hybridized carbons (Fsp3) is 0.227. The summed E-state index contributed by atoms with van der Waals surface area (Å²) in [5, 5.41) is 31.4. The van der Waals surface area contributed by atoms with E-state index < -0.39 is 34.4 Å². The first kappa shape index (κ1) is 21.7. The minimum atomic E-state index is -1.21. The van der Waals surface area contributed by atoms with Crippen LogP contribution in [0, 0.1) is 17.0 Å². The van der Waals surface area contributed by atoms with Gasteiger partial charge in [0.2, 0.25) is 0 Å². The highest BCUT2D eigenvalue weighted by Gasteiger charge is 2.47. The van der Waals surface area contributed by atoms with Crippen molar-refractivity contribution < 1.29 is 29.5 Å². The highest BCUT2D eigenvalue weighted by molar-refractivity contribution is 6.46. The van der Waals surface area contributed by atoms with Gasteiger partial charge in [-0.15, -0.1) is 0 Å². The molecule has 31 heavy (non-hydrogen) atoms. The van der Waals surface area contributed by atoms with Crippen LogP contribution in [0.5, 0.6) is 0 Å². The molecule has 0 radical (unpaired) electrons. The number of likely N-dealkylation sites (tertiary alicyclic amines) is 1. The molecule has 2 N–H and O–H groups in total. The van der Waals surface area contributed by atoms with Crippen LogP contribution < -0.4 is 0 Å². The number of aliphatic hydroxyl groups is 1. The molecule has 1 saturated heterocycles. The molecule has 1 atom stereocenters. The number of aliphatic hydroxyl groups excluding tert-OH is 1. The fourth-order valence-corrected chi connectivity index (χ4v) is 3.59. The second-order valence-corrected chi connectivity index (χ2v) is 7.17. The molecule has 3 rings (SSSR count). The molecule has 9 nitrogen and oxygen atoms in total. The number of aliphatic carboxylic acids is 1. The molecular weight excluding hydrogens is 404 g/mol. The van der Waals surface area contributed by atoms with E-state index in [0.29, 0.717) is 0 Å². The average Bonchev–Trinajstić information content (AvgIpc) is 2.98. The third kappa shape index (κ3) is 4.30. The summed E-state index contributed by atoms with van der Waals surface area (Å²) in [7, 11) is 0. The Balaban J connectivity index is 2.18. The van der Waals surface area contributed by atoms with Gasteiger partial charge in [-0.2, -0.15) is 0 Å². The van der Waals surface area contributed by atoms with Crippen molar-refractivity contribution in [3.63, 3.8) is 0 Å². The fourth-order valence-electron chi connectivity index (χ4n) is 3.59. The number of carbonyl (C=O) groups is 3. The summed E-state index contributed by atoms with van der Waals surface area (Å²) in [5.41, 5.74) is 0.695. The molecule has 2 aromatic rings. The number of para-hydroxylation sites is 1. The third-order valence-corrected chi connectivity index (χ3v) is 5.08. The van der Waals surface area contributed by atoms with Gasteiger partial charge < -0.3 is 15.1 Å². The van der Waals surface area contributed by atoms with E-state index in [2.05, 4.69) is 0 Å². The quantitative estimate of drug-likeness (QED) is 0.229. The molecule has 1 unspecified atom stereocenters. The number of rotatable bonds is 7. The van der Waals surface area contributed by atoms with Crippen LogP contribution in [0.15, 0.2) is 54.1 Å². The number of carbonyl (C=O) groups excluding carboxylic acids is 2. The first-order chi connectivity index (χ1) is 14.7. The van der Waals surface area contributed by atoms with Crippen molar-refractivity contribution in [3.8, 4) is 0 Å². The summed E-state index contributed by atoms with van der Waals surface area (Å²) in [5.74, 6) is -3.43. The van der Waals surface area contributed by atoms with E-state index in [-0.39, 0.29) is 41.8 Å². The molecule has 160 valence electrons. The number of carboxylic acids is 1. The van der Waals surface area contributed by atoms with Crippen LogP contribution in [0.2, 0.25) is 0 Å². The Bertz CT molecular complexity index is 1090. The zero-order valence-corrected chi connectivity index (χ0v) is 16.6. The van der Waals surface area contributed by atoms with E-state index in [1.165, 1.54) is 24.3 Å². The number of hydrogen-bond donors (Lipinski definition) is 2. The van der Waals surface area contributed by atoms with Crippen molar-refractivity contribution in [2.75, 3.05) is 6.54 Å². The standard InChI is InChI=1S/C22H20N2O7/c1-13-8-10-14(11-9-13)20(27)18-19(15-5-2-3-6-16(15)24(30)31)23(22(29)21(18)28)12-4-7-17(25)26/h2-3,5-6,8-11,19,27H,4,7,12H2,1H3,(H,25,26)/b20-18+. The van der Waals surface area contributed by atoms with Crippen LogP contribution in [0.1, 0.15) is 35.6 Å². The first-order valence-corrected chi connectivity index (χ1v) is 9.53. The van der Waals surface area contributed by atoms with E-state index >= 15 is 0 Å². The largest absolute Gasteiger partial charge is 0.507 e. The second-order valence-electron chi connectivity index (χ2n) is 7.17. The number of nitro groups is 1. The maximum atomic E-state index is 12.9. The average molecular weight is 424 g/mol. The molecule has 1 heterocycles. The number of hydrogen-bond acceptors (Lipinski definition) is 6. The van der Waals surface area contributed by atoms with E-state index in [1.807, 2.05) is 6.92 Å². The Morgan fingerprint density at radius 1 is 1.10 bits per heavy atom. The summed E-state index contributed by atoms with van der Waals surface area (Å²) >= 11 is 0. The topological polar surface area (TPSA) is 138 Å². The van der Waals surface area contributed by atoms with Gasteiger partial charge in [-0.25, -0.2) is 0 Å². The van der Waals surface area contributed by atoms with Gasteiger partial charge in [-0.1, -0.05) is 42.0 Å². The van der Waals surface area contributed by atoms with E-state index in [9.17, 15) is 29.6 Å². The summed E-state index contributed by atoms with van der Waals surface area (Å²) in [6.45, 7) is 1.73. The maximum Gasteiger partial charge on any atom is 0.303 e. The van der Waals surface area contributed by atoms with Crippen molar-refractivity contribution in [1.82, 2.24) is 4.90 Å². The van der Waals surface area contributed by atoms with Crippen LogP contribution >= 0.6 is 0 Å². The highest BCUT2D eigenvalue weighted by Crippen LogP contribution is 2.42. The zero-order chi connectivity index (χ0) is 22.7. The summed E-state index contributed by atoms with van der Waals surface area (Å²) < 4.78 is 0. The summed E-state index contributed by atoms with van der Waals surface area (Å²) in [6.07, 6.45) is -0.200. The molecule has 0 aromatic heterocycles. The van der Waals surface area contributed by atoms with Gasteiger partial charge in [0.15, 0.2) is 0 Å². The first-order valence-electron chi connectivity index (χ1n) is 9.53. The van der Waals surface area contributed by atoms with Crippen molar-refractivity contribution in [2.45, 2.75) is 25.8 Å². The van der Waals surface area contributed by atoms with Crippen LogP contribution in [-0.2, 0) is 14.4 Å². The molecule has 0 bridgehead atoms. The Morgan fingerprint density at radius 3 is 2.35 bits per heavy atom. The Labute approximate surface area is 177 Å².